The first kappa shape index (κ1) is 24.1. The van der Waals surface area contributed by atoms with Gasteiger partial charge in [-0.25, -0.2) is 19.0 Å². The van der Waals surface area contributed by atoms with Crippen molar-refractivity contribution in [2.24, 2.45) is 0 Å². The molecule has 3 heterocycles. The van der Waals surface area contributed by atoms with Crippen LogP contribution in [0.1, 0.15) is 55.6 Å². The van der Waals surface area contributed by atoms with Crippen molar-refractivity contribution in [3.8, 4) is 17.0 Å². The average molecular weight is 512 g/mol. The Hall–Kier alpha value is -3.66. The summed E-state index contributed by atoms with van der Waals surface area (Å²) in [6.07, 6.45) is 2.90. The molecular weight excluding hydrogens is 485 g/mol. The topological polar surface area (TPSA) is 93.4 Å². The fraction of sp³-hybridized carbons (Fsp3) is 0.346. The molecule has 0 aliphatic carbocycles. The van der Waals surface area contributed by atoms with E-state index in [0.29, 0.717) is 22.8 Å². The Morgan fingerprint density at radius 3 is 2.67 bits per heavy atom. The Kier molecular flexibility index (Phi) is 5.86. The molecule has 8 nitrogen and oxygen atoms in total. The maximum absolute atomic E-state index is 15.3. The average Bonchev–Trinajstić information content (AvgIpc) is 3.51. The number of carbonyl (C=O) groups is 2. The van der Waals surface area contributed by atoms with Crippen LogP contribution in [0.2, 0.25) is 0 Å². The van der Waals surface area contributed by atoms with Gasteiger partial charge in [-0.3, -0.25) is 4.40 Å². The Morgan fingerprint density at radius 1 is 1.22 bits per heavy atom. The van der Waals surface area contributed by atoms with Gasteiger partial charge in [0.15, 0.2) is 4.96 Å². The Bertz CT molecular complexity index is 1500. The number of benzene rings is 2. The van der Waals surface area contributed by atoms with E-state index in [0.717, 1.165) is 28.6 Å². The van der Waals surface area contributed by atoms with E-state index < -0.39 is 23.5 Å². The summed E-state index contributed by atoms with van der Waals surface area (Å²) in [6, 6.07) is 7.96. The molecule has 10 heteroatoms. The summed E-state index contributed by atoms with van der Waals surface area (Å²) >= 11 is 1.32. The molecule has 188 valence electrons. The third-order valence-corrected chi connectivity index (χ3v) is 7.20. The van der Waals surface area contributed by atoms with Gasteiger partial charge in [0.2, 0.25) is 0 Å². The second-order valence-corrected chi connectivity index (χ2v) is 10.8. The molecule has 1 fully saturated rings. The Labute approximate surface area is 210 Å². The number of hydrogen-bond acceptors (Lipinski definition) is 6. The number of carbonyl (C=O) groups excluding carboxylic acids is 1. The van der Waals surface area contributed by atoms with E-state index in [-0.39, 0.29) is 17.4 Å². The summed E-state index contributed by atoms with van der Waals surface area (Å²) in [5, 5.41) is 9.43. The van der Waals surface area contributed by atoms with Crippen LogP contribution in [0.15, 0.2) is 36.5 Å². The lowest BCUT2D eigenvalue weighted by Gasteiger charge is -2.29. The molecule has 1 aliphatic rings. The first-order valence-electron chi connectivity index (χ1n) is 11.6. The predicted molar refractivity (Wildman–Crippen MR) is 134 cm³/mol. The molecular formula is C26H26FN3O5S. The maximum atomic E-state index is 15.3. The molecule has 0 bridgehead atoms. The monoisotopic (exact) mass is 511 g/mol. The number of nitrogens with zero attached hydrogens (tertiary/aromatic N) is 3. The number of thiazole rings is 1. The summed E-state index contributed by atoms with van der Waals surface area (Å²) in [5.41, 5.74) is 1.73. The molecule has 2 aromatic heterocycles. The molecule has 1 N–H and O–H groups in total. The third kappa shape index (κ3) is 4.26. The van der Waals surface area contributed by atoms with Crippen molar-refractivity contribution in [1.82, 2.24) is 14.3 Å². The number of rotatable bonds is 4. The van der Waals surface area contributed by atoms with Crippen LogP contribution in [0.5, 0.6) is 5.75 Å². The fourth-order valence-electron chi connectivity index (χ4n) is 4.59. The number of imidazole rings is 1. The van der Waals surface area contributed by atoms with Gasteiger partial charge in [0, 0.05) is 24.4 Å². The van der Waals surface area contributed by atoms with E-state index in [1.54, 1.807) is 33.7 Å². The molecule has 1 atom stereocenters. The highest BCUT2D eigenvalue weighted by Crippen LogP contribution is 2.37. The number of aromatic nitrogens is 2. The second-order valence-electron chi connectivity index (χ2n) is 9.78. The van der Waals surface area contributed by atoms with Gasteiger partial charge in [-0.15, -0.1) is 0 Å². The van der Waals surface area contributed by atoms with Gasteiger partial charge >= 0.3 is 12.1 Å². The van der Waals surface area contributed by atoms with Crippen LogP contribution in [-0.2, 0) is 4.74 Å². The summed E-state index contributed by atoms with van der Waals surface area (Å²) in [7, 11) is 1.42. The van der Waals surface area contributed by atoms with E-state index in [9.17, 15) is 14.7 Å². The maximum Gasteiger partial charge on any atom is 0.410 e. The van der Waals surface area contributed by atoms with E-state index in [1.807, 2.05) is 26.8 Å². The van der Waals surface area contributed by atoms with Crippen molar-refractivity contribution in [2.75, 3.05) is 13.7 Å². The Morgan fingerprint density at radius 2 is 2.00 bits per heavy atom. The van der Waals surface area contributed by atoms with Gasteiger partial charge in [0.1, 0.15) is 22.7 Å². The lowest BCUT2D eigenvalue weighted by atomic mass is 10.0. The summed E-state index contributed by atoms with van der Waals surface area (Å²) in [6.45, 7) is 6.04. The number of carboxylic acids is 1. The number of hydrogen-bond donors (Lipinski definition) is 1. The summed E-state index contributed by atoms with van der Waals surface area (Å²) in [5.74, 6) is -1.26. The van der Waals surface area contributed by atoms with Crippen LogP contribution in [0.4, 0.5) is 9.18 Å². The minimum Gasteiger partial charge on any atom is -0.496 e. The molecule has 5 rings (SSSR count). The molecule has 0 spiro atoms. The predicted octanol–water partition coefficient (Wildman–Crippen LogP) is 6.13. The van der Waals surface area contributed by atoms with Crippen molar-refractivity contribution >= 4 is 38.6 Å². The van der Waals surface area contributed by atoms with E-state index >= 15 is 4.39 Å². The Balaban J connectivity index is 1.47. The fourth-order valence-corrected chi connectivity index (χ4v) is 5.62. The highest BCUT2D eigenvalue weighted by molar-refractivity contribution is 7.23. The quantitative estimate of drug-likeness (QED) is 0.354. The van der Waals surface area contributed by atoms with Crippen LogP contribution in [-0.4, -0.2) is 50.7 Å². The molecule has 1 amide bonds. The lowest BCUT2D eigenvalue weighted by Crippen LogP contribution is -2.36. The van der Waals surface area contributed by atoms with Gasteiger partial charge in [0.05, 0.1) is 29.1 Å². The van der Waals surface area contributed by atoms with Crippen molar-refractivity contribution in [1.29, 1.82) is 0 Å². The lowest BCUT2D eigenvalue weighted by molar-refractivity contribution is 0.0224. The number of halogens is 1. The minimum atomic E-state index is -1.07. The van der Waals surface area contributed by atoms with Crippen molar-refractivity contribution in [3.05, 3.63) is 53.5 Å². The molecule has 4 aromatic rings. The number of ether oxygens (including phenoxy) is 2. The number of fused-ring (bicyclic) bond motifs is 3. The van der Waals surface area contributed by atoms with Crippen molar-refractivity contribution in [2.45, 2.75) is 45.3 Å². The number of likely N-dealkylation sites (tertiary alicyclic amines) is 1. The first-order chi connectivity index (χ1) is 17.1. The van der Waals surface area contributed by atoms with E-state index in [4.69, 9.17) is 9.47 Å². The number of aromatic carboxylic acids is 1. The van der Waals surface area contributed by atoms with E-state index in [2.05, 4.69) is 4.98 Å². The van der Waals surface area contributed by atoms with Gasteiger partial charge in [-0.2, -0.15) is 0 Å². The molecule has 0 radical (unpaired) electrons. The number of amides is 1. The van der Waals surface area contributed by atoms with Crippen LogP contribution < -0.4 is 4.74 Å². The van der Waals surface area contributed by atoms with Crippen molar-refractivity contribution in [3.63, 3.8) is 0 Å². The normalized spacial score (nSPS) is 16.1. The van der Waals surface area contributed by atoms with Crippen LogP contribution in [0.25, 0.3) is 26.4 Å². The summed E-state index contributed by atoms with van der Waals surface area (Å²) in [4.78, 5) is 31.0. The van der Waals surface area contributed by atoms with Gasteiger partial charge in [-0.1, -0.05) is 17.4 Å². The molecule has 1 aliphatic heterocycles. The van der Waals surface area contributed by atoms with Gasteiger partial charge in [-0.05, 0) is 57.4 Å². The molecule has 0 saturated carbocycles. The highest BCUT2D eigenvalue weighted by atomic mass is 32.1. The van der Waals surface area contributed by atoms with Crippen LogP contribution in [0.3, 0.4) is 0 Å². The zero-order valence-corrected chi connectivity index (χ0v) is 21.2. The van der Waals surface area contributed by atoms with Gasteiger partial charge in [0.25, 0.3) is 0 Å². The minimum absolute atomic E-state index is 0.0729. The van der Waals surface area contributed by atoms with E-state index in [1.165, 1.54) is 24.5 Å². The highest BCUT2D eigenvalue weighted by Gasteiger charge is 2.33. The van der Waals surface area contributed by atoms with Crippen molar-refractivity contribution < 1.29 is 28.6 Å². The number of methoxy groups -OCH3 is 1. The smallest absolute Gasteiger partial charge is 0.410 e. The molecule has 36 heavy (non-hydrogen) atoms. The standard InChI is InChI=1S/C26H26FN3O5S/c1-26(2,3)35-25(33)29-9-5-6-19(29)14-7-8-15(17(27)10-14)18-13-30-20-12-21(34-4)16(23(31)32)11-22(20)36-24(30)28-18/h7-8,10-13,19H,5-6,9H2,1-4H3,(H,31,32). The zero-order chi connectivity index (χ0) is 25.8. The van der Waals surface area contributed by atoms with Gasteiger partial charge < -0.3 is 19.5 Å². The zero-order valence-electron chi connectivity index (χ0n) is 20.4. The number of carboxylic acid groups (broad SMARTS) is 1. The molecule has 1 unspecified atom stereocenters. The third-order valence-electron chi connectivity index (χ3n) is 6.18. The second kappa shape index (κ2) is 8.77. The van der Waals surface area contributed by atoms with Crippen LogP contribution in [0, 0.1) is 5.82 Å². The van der Waals surface area contributed by atoms with Crippen LogP contribution >= 0.6 is 11.3 Å². The summed E-state index contributed by atoms with van der Waals surface area (Å²) < 4.78 is 28.7. The first-order valence-corrected chi connectivity index (χ1v) is 12.4. The largest absolute Gasteiger partial charge is 0.496 e. The SMILES string of the molecule is COc1cc2c(cc1C(=O)O)sc1nc(-c3ccc(C4CCCN4C(=O)OC(C)(C)C)cc3F)cn12. The molecule has 1 saturated heterocycles. The molecule has 2 aromatic carbocycles.